The van der Waals surface area contributed by atoms with Crippen molar-refractivity contribution in [3.8, 4) is 5.75 Å². The second-order valence-corrected chi connectivity index (χ2v) is 7.69. The molecular weight excluding hydrogens is 330 g/mol. The second kappa shape index (κ2) is 7.66. The monoisotopic (exact) mass is 359 g/mol. The number of hydrogen-bond acceptors (Lipinski definition) is 4. The van der Waals surface area contributed by atoms with Crippen molar-refractivity contribution in [2.24, 2.45) is 0 Å². The number of likely N-dealkylation sites (tertiary alicyclic amines) is 1. The number of amides is 2. The summed E-state index contributed by atoms with van der Waals surface area (Å²) in [5.41, 5.74) is 0.967. The van der Waals surface area contributed by atoms with E-state index >= 15 is 0 Å². The van der Waals surface area contributed by atoms with Gasteiger partial charge in [0.15, 0.2) is 0 Å². The Balaban J connectivity index is 1.62. The van der Waals surface area contributed by atoms with Crippen LogP contribution >= 0.6 is 0 Å². The number of carbonyl (C=O) groups is 2. The molecule has 2 saturated heterocycles. The minimum absolute atomic E-state index is 0.0904. The van der Waals surface area contributed by atoms with Crippen LogP contribution in [0.2, 0.25) is 0 Å². The highest BCUT2D eigenvalue weighted by atomic mass is 16.3. The highest BCUT2D eigenvalue weighted by molar-refractivity contribution is 5.77. The zero-order valence-electron chi connectivity index (χ0n) is 15.8. The fraction of sp³-hybridized carbons (Fsp3) is 0.600. The lowest BCUT2D eigenvalue weighted by Gasteiger charge is -2.49. The van der Waals surface area contributed by atoms with Crippen molar-refractivity contribution >= 4 is 11.8 Å². The molecule has 0 unspecified atom stereocenters. The standard InChI is InChI=1S/C20H29N3O3/c1-21-12-11-20(10-9-18(21)25)15-23(14-13-22(20)2)19(26)8-5-16-3-6-17(24)7-4-16/h3-4,6-7,24H,5,8-15H2,1-2H3/t20-/m1/s1. The normalized spacial score (nSPS) is 24.8. The van der Waals surface area contributed by atoms with Gasteiger partial charge in [0, 0.05) is 51.6 Å². The van der Waals surface area contributed by atoms with Gasteiger partial charge in [-0.15, -0.1) is 0 Å². The summed E-state index contributed by atoms with van der Waals surface area (Å²) >= 11 is 0. The number of nitrogens with zero attached hydrogens (tertiary/aromatic N) is 3. The summed E-state index contributed by atoms with van der Waals surface area (Å²) in [6.45, 7) is 3.05. The first-order chi connectivity index (χ1) is 12.4. The van der Waals surface area contributed by atoms with E-state index in [4.69, 9.17) is 0 Å². The third-order valence-electron chi connectivity index (χ3n) is 6.06. The van der Waals surface area contributed by atoms with E-state index in [2.05, 4.69) is 11.9 Å². The first-order valence-electron chi connectivity index (χ1n) is 9.40. The van der Waals surface area contributed by atoms with Crippen molar-refractivity contribution in [1.82, 2.24) is 14.7 Å². The number of hydrogen-bond donors (Lipinski definition) is 1. The number of aromatic hydroxyl groups is 1. The van der Waals surface area contributed by atoms with Crippen LogP contribution in [0.3, 0.4) is 0 Å². The molecule has 26 heavy (non-hydrogen) atoms. The minimum Gasteiger partial charge on any atom is -0.508 e. The molecule has 2 aliphatic heterocycles. The fourth-order valence-corrected chi connectivity index (χ4v) is 4.04. The lowest BCUT2D eigenvalue weighted by Crippen LogP contribution is -2.62. The lowest BCUT2D eigenvalue weighted by atomic mass is 9.86. The van der Waals surface area contributed by atoms with E-state index in [0.29, 0.717) is 25.8 Å². The predicted molar refractivity (Wildman–Crippen MR) is 99.9 cm³/mol. The van der Waals surface area contributed by atoms with Crippen LogP contribution < -0.4 is 0 Å². The lowest BCUT2D eigenvalue weighted by molar-refractivity contribution is -0.136. The predicted octanol–water partition coefficient (Wildman–Crippen LogP) is 1.48. The second-order valence-electron chi connectivity index (χ2n) is 7.69. The molecule has 142 valence electrons. The van der Waals surface area contributed by atoms with Gasteiger partial charge < -0.3 is 14.9 Å². The molecule has 1 aromatic rings. The number of benzene rings is 1. The molecule has 3 rings (SSSR count). The number of likely N-dealkylation sites (N-methyl/N-ethyl adjacent to an activating group) is 1. The van der Waals surface area contributed by atoms with Gasteiger partial charge >= 0.3 is 0 Å². The Bertz CT molecular complexity index is 661. The molecule has 0 aliphatic carbocycles. The van der Waals surface area contributed by atoms with Crippen molar-refractivity contribution in [3.63, 3.8) is 0 Å². The summed E-state index contributed by atoms with van der Waals surface area (Å²) in [7, 11) is 3.98. The summed E-state index contributed by atoms with van der Waals surface area (Å²) in [5, 5.41) is 9.36. The maximum absolute atomic E-state index is 12.8. The number of phenolic OH excluding ortho intramolecular Hbond substituents is 1. The van der Waals surface area contributed by atoms with Gasteiger partial charge in [-0.05, 0) is 44.0 Å². The summed E-state index contributed by atoms with van der Waals surface area (Å²) < 4.78 is 0. The van der Waals surface area contributed by atoms with Crippen LogP contribution in [0.25, 0.3) is 0 Å². The number of carbonyl (C=O) groups excluding carboxylic acids is 2. The summed E-state index contributed by atoms with van der Waals surface area (Å²) in [4.78, 5) is 31.0. The van der Waals surface area contributed by atoms with Gasteiger partial charge in [0.1, 0.15) is 5.75 Å². The third-order valence-corrected chi connectivity index (χ3v) is 6.06. The Labute approximate surface area is 155 Å². The van der Waals surface area contributed by atoms with Crippen molar-refractivity contribution in [1.29, 1.82) is 0 Å². The maximum atomic E-state index is 12.8. The Kier molecular flexibility index (Phi) is 5.51. The minimum atomic E-state index is -0.0904. The number of phenols is 1. The number of piperazine rings is 1. The Morgan fingerprint density at radius 1 is 1.12 bits per heavy atom. The molecule has 6 nitrogen and oxygen atoms in total. The fourth-order valence-electron chi connectivity index (χ4n) is 4.04. The van der Waals surface area contributed by atoms with E-state index in [1.165, 1.54) is 0 Å². The molecule has 2 aliphatic rings. The zero-order valence-corrected chi connectivity index (χ0v) is 15.8. The quantitative estimate of drug-likeness (QED) is 0.888. The van der Waals surface area contributed by atoms with Crippen LogP contribution in [0.4, 0.5) is 0 Å². The van der Waals surface area contributed by atoms with Crippen LogP contribution in [0.1, 0.15) is 31.2 Å². The molecule has 2 fully saturated rings. The van der Waals surface area contributed by atoms with Crippen LogP contribution in [0, 0.1) is 0 Å². The molecule has 1 atom stereocenters. The van der Waals surface area contributed by atoms with Crippen molar-refractivity contribution in [2.45, 2.75) is 37.6 Å². The summed E-state index contributed by atoms with van der Waals surface area (Å²) in [5.74, 6) is 0.620. The number of aryl methyl sites for hydroxylation is 1. The smallest absolute Gasteiger partial charge is 0.223 e. The molecule has 1 aromatic carbocycles. The first-order valence-corrected chi connectivity index (χ1v) is 9.40. The maximum Gasteiger partial charge on any atom is 0.223 e. The van der Waals surface area contributed by atoms with Crippen LogP contribution in [-0.4, -0.2) is 77.4 Å². The molecule has 6 heteroatoms. The molecule has 0 saturated carbocycles. The molecule has 2 heterocycles. The summed E-state index contributed by atoms with van der Waals surface area (Å²) in [6.07, 6.45) is 3.43. The third kappa shape index (κ3) is 4.01. The van der Waals surface area contributed by atoms with Gasteiger partial charge in [-0.2, -0.15) is 0 Å². The van der Waals surface area contributed by atoms with E-state index in [0.717, 1.165) is 38.0 Å². The molecule has 1 N–H and O–H groups in total. The average molecular weight is 359 g/mol. The summed E-state index contributed by atoms with van der Waals surface area (Å²) in [6, 6.07) is 7.04. The van der Waals surface area contributed by atoms with E-state index in [1.807, 2.05) is 29.0 Å². The van der Waals surface area contributed by atoms with Crippen LogP contribution in [-0.2, 0) is 16.0 Å². The van der Waals surface area contributed by atoms with Gasteiger partial charge in [0.2, 0.25) is 11.8 Å². The van der Waals surface area contributed by atoms with E-state index in [9.17, 15) is 14.7 Å². The number of rotatable bonds is 3. The molecule has 2 amide bonds. The van der Waals surface area contributed by atoms with Gasteiger partial charge in [-0.25, -0.2) is 0 Å². The molecular formula is C20H29N3O3. The van der Waals surface area contributed by atoms with Gasteiger partial charge in [0.05, 0.1) is 0 Å². The van der Waals surface area contributed by atoms with E-state index in [1.54, 1.807) is 12.1 Å². The first kappa shape index (κ1) is 18.7. The Hall–Kier alpha value is -2.08. The zero-order chi connectivity index (χ0) is 18.7. The molecule has 0 aromatic heterocycles. The SMILES string of the molecule is CN1CC[C@]2(CCC1=O)CN(C(=O)CCc1ccc(O)cc1)CCN2C. The molecule has 0 radical (unpaired) electrons. The van der Waals surface area contributed by atoms with E-state index < -0.39 is 0 Å². The van der Waals surface area contributed by atoms with Gasteiger partial charge in [-0.3, -0.25) is 14.5 Å². The highest BCUT2D eigenvalue weighted by Gasteiger charge is 2.42. The van der Waals surface area contributed by atoms with Crippen molar-refractivity contribution in [2.75, 3.05) is 40.3 Å². The topological polar surface area (TPSA) is 64.1 Å². The van der Waals surface area contributed by atoms with Crippen molar-refractivity contribution < 1.29 is 14.7 Å². The van der Waals surface area contributed by atoms with Gasteiger partial charge in [-0.1, -0.05) is 12.1 Å². The molecule has 1 spiro atoms. The van der Waals surface area contributed by atoms with Crippen molar-refractivity contribution in [3.05, 3.63) is 29.8 Å². The highest BCUT2D eigenvalue weighted by Crippen LogP contribution is 2.32. The Morgan fingerprint density at radius 2 is 1.85 bits per heavy atom. The van der Waals surface area contributed by atoms with Crippen LogP contribution in [0.5, 0.6) is 5.75 Å². The molecule has 0 bridgehead atoms. The Morgan fingerprint density at radius 3 is 2.58 bits per heavy atom. The average Bonchev–Trinajstić information content (AvgIpc) is 2.78. The van der Waals surface area contributed by atoms with E-state index in [-0.39, 0.29) is 23.1 Å². The van der Waals surface area contributed by atoms with Crippen LogP contribution in [0.15, 0.2) is 24.3 Å². The van der Waals surface area contributed by atoms with Gasteiger partial charge in [0.25, 0.3) is 0 Å². The largest absolute Gasteiger partial charge is 0.508 e.